The smallest absolute Gasteiger partial charge is 0.361 e. The second-order valence-electron chi connectivity index (χ2n) is 3.29. The first-order chi connectivity index (χ1) is 7.87. The molecule has 0 fully saturated rings. The van der Waals surface area contributed by atoms with Gasteiger partial charge in [-0.3, -0.25) is 9.36 Å². The average Bonchev–Trinajstić information content (AvgIpc) is 2.25. The Bertz CT molecular complexity index is 275. The van der Waals surface area contributed by atoms with Crippen LogP contribution in [0.5, 0.6) is 0 Å². The summed E-state index contributed by atoms with van der Waals surface area (Å²) >= 11 is 0. The van der Waals surface area contributed by atoms with E-state index in [-0.39, 0.29) is 25.7 Å². The van der Waals surface area contributed by atoms with E-state index < -0.39 is 19.5 Å². The molecule has 0 unspecified atom stereocenters. The number of aliphatic hydroxyl groups excluding tert-OH is 2. The van der Waals surface area contributed by atoms with Crippen LogP contribution in [-0.2, 0) is 18.4 Å². The molecule has 0 bridgehead atoms. The predicted molar refractivity (Wildman–Crippen MR) is 61.6 cm³/mol. The first-order valence-corrected chi connectivity index (χ1v) is 6.97. The molecule has 0 radical (unpaired) electrons. The molecule has 0 rings (SSSR count). The third-order valence-corrected chi connectivity index (χ3v) is 4.07. The Morgan fingerprint density at radius 2 is 1.76 bits per heavy atom. The molecule has 7 nitrogen and oxygen atoms in total. The van der Waals surface area contributed by atoms with Gasteiger partial charge in [0.1, 0.15) is 6.10 Å². The molecule has 0 saturated carbocycles. The van der Waals surface area contributed by atoms with Crippen LogP contribution in [0.1, 0.15) is 20.8 Å². The lowest BCUT2D eigenvalue weighted by Gasteiger charge is -2.25. The Morgan fingerprint density at radius 1 is 1.29 bits per heavy atom. The molecule has 102 valence electrons. The van der Waals surface area contributed by atoms with Gasteiger partial charge in [0.25, 0.3) is 0 Å². The standard InChI is InChI=1S/C9H20NO6P/c1-4-15-17(14,16-5-2)9(13)8(12)6-10-7(3)11/h8-9,12-13H,4-6H2,1-3H3,(H,10,11)/t8-,9-/m0/s1. The fourth-order valence-electron chi connectivity index (χ4n) is 1.11. The first kappa shape index (κ1) is 16.5. The molecule has 0 heterocycles. The number of carbonyl (C=O) groups excluding carboxylic acids is 1. The second-order valence-corrected chi connectivity index (χ2v) is 5.42. The highest BCUT2D eigenvalue weighted by molar-refractivity contribution is 7.54. The van der Waals surface area contributed by atoms with Gasteiger partial charge in [0.2, 0.25) is 5.91 Å². The summed E-state index contributed by atoms with van der Waals surface area (Å²) in [5.74, 6) is -2.05. The minimum absolute atomic E-state index is 0.0845. The second kappa shape index (κ2) is 7.79. The molecule has 0 aliphatic heterocycles. The molecule has 0 aromatic heterocycles. The van der Waals surface area contributed by atoms with Gasteiger partial charge in [-0.25, -0.2) is 0 Å². The molecule has 8 heteroatoms. The van der Waals surface area contributed by atoms with Crippen molar-refractivity contribution >= 4 is 13.5 Å². The van der Waals surface area contributed by atoms with Crippen molar-refractivity contribution in [3.63, 3.8) is 0 Å². The SMILES string of the molecule is CCOP(=O)(OCC)[C@H](O)[C@@H](O)CNC(C)=O. The van der Waals surface area contributed by atoms with Crippen molar-refractivity contribution in [2.24, 2.45) is 0 Å². The Labute approximate surface area is 101 Å². The van der Waals surface area contributed by atoms with Crippen molar-refractivity contribution in [1.82, 2.24) is 5.32 Å². The normalized spacial score (nSPS) is 15.4. The summed E-state index contributed by atoms with van der Waals surface area (Å²) < 4.78 is 21.8. The van der Waals surface area contributed by atoms with E-state index in [4.69, 9.17) is 9.05 Å². The van der Waals surface area contributed by atoms with E-state index in [1.807, 2.05) is 0 Å². The molecule has 17 heavy (non-hydrogen) atoms. The zero-order valence-corrected chi connectivity index (χ0v) is 11.1. The molecule has 0 aromatic rings. The molecule has 3 N–H and O–H groups in total. The number of aliphatic hydroxyl groups is 2. The highest BCUT2D eigenvalue weighted by Crippen LogP contribution is 2.52. The van der Waals surface area contributed by atoms with Crippen molar-refractivity contribution in [3.8, 4) is 0 Å². The molecular weight excluding hydrogens is 249 g/mol. The van der Waals surface area contributed by atoms with Crippen LogP contribution in [0.25, 0.3) is 0 Å². The Balaban J connectivity index is 4.54. The van der Waals surface area contributed by atoms with Crippen molar-refractivity contribution in [1.29, 1.82) is 0 Å². The van der Waals surface area contributed by atoms with Gasteiger partial charge in [0.05, 0.1) is 13.2 Å². The number of hydrogen-bond donors (Lipinski definition) is 3. The minimum Gasteiger partial charge on any atom is -0.388 e. The Kier molecular flexibility index (Phi) is 7.58. The van der Waals surface area contributed by atoms with Gasteiger partial charge >= 0.3 is 7.60 Å². The first-order valence-electron chi connectivity index (χ1n) is 5.36. The van der Waals surface area contributed by atoms with Crippen LogP contribution in [0.2, 0.25) is 0 Å². The summed E-state index contributed by atoms with van der Waals surface area (Å²) in [5, 5.41) is 21.6. The van der Waals surface area contributed by atoms with Gasteiger partial charge in [0.15, 0.2) is 5.85 Å². The summed E-state index contributed by atoms with van der Waals surface area (Å²) in [6, 6.07) is 0. The Hall–Kier alpha value is -0.460. The zero-order valence-electron chi connectivity index (χ0n) is 10.3. The molecule has 0 aliphatic carbocycles. The summed E-state index contributed by atoms with van der Waals surface area (Å²) in [6.07, 6.45) is -1.41. The summed E-state index contributed by atoms with van der Waals surface area (Å²) in [6.45, 7) is 4.41. The fourth-order valence-corrected chi connectivity index (χ4v) is 2.74. The van der Waals surface area contributed by atoms with Crippen molar-refractivity contribution < 1.29 is 28.6 Å². The quantitative estimate of drug-likeness (QED) is 0.538. The number of nitrogens with one attached hydrogen (secondary N) is 1. The highest BCUT2D eigenvalue weighted by atomic mass is 31.2. The van der Waals surface area contributed by atoms with Crippen molar-refractivity contribution in [3.05, 3.63) is 0 Å². The lowest BCUT2D eigenvalue weighted by molar-refractivity contribution is -0.119. The monoisotopic (exact) mass is 269 g/mol. The summed E-state index contributed by atoms with van der Waals surface area (Å²) in [5.41, 5.74) is 0. The number of amides is 1. The molecule has 0 aliphatic rings. The van der Waals surface area contributed by atoms with Gasteiger partial charge in [-0.15, -0.1) is 0 Å². The number of rotatable bonds is 8. The Morgan fingerprint density at radius 3 is 2.12 bits per heavy atom. The molecule has 0 saturated heterocycles. The fraction of sp³-hybridized carbons (Fsp3) is 0.889. The van der Waals surface area contributed by atoms with Crippen LogP contribution < -0.4 is 5.32 Å². The average molecular weight is 269 g/mol. The van der Waals surface area contributed by atoms with E-state index in [0.717, 1.165) is 0 Å². The lowest BCUT2D eigenvalue weighted by Crippen LogP contribution is -2.38. The van der Waals surface area contributed by atoms with Crippen LogP contribution in [-0.4, -0.2) is 47.8 Å². The van der Waals surface area contributed by atoms with Crippen molar-refractivity contribution in [2.75, 3.05) is 19.8 Å². The lowest BCUT2D eigenvalue weighted by atomic mass is 10.4. The van der Waals surface area contributed by atoms with E-state index >= 15 is 0 Å². The van der Waals surface area contributed by atoms with Gasteiger partial charge in [-0.1, -0.05) is 0 Å². The number of hydrogen-bond acceptors (Lipinski definition) is 6. The van der Waals surface area contributed by atoms with E-state index in [1.165, 1.54) is 6.92 Å². The van der Waals surface area contributed by atoms with Crippen molar-refractivity contribution in [2.45, 2.75) is 32.7 Å². The molecule has 1 amide bonds. The largest absolute Gasteiger partial charge is 0.388 e. The summed E-state index contributed by atoms with van der Waals surface area (Å²) in [7, 11) is -3.77. The maximum atomic E-state index is 12.0. The molecule has 2 atom stereocenters. The van der Waals surface area contributed by atoms with Crippen LogP contribution in [0.4, 0.5) is 0 Å². The number of carbonyl (C=O) groups is 1. The van der Waals surface area contributed by atoms with Crippen LogP contribution >= 0.6 is 7.60 Å². The van der Waals surface area contributed by atoms with Gasteiger partial charge in [0, 0.05) is 13.5 Å². The maximum Gasteiger partial charge on any atom is 0.361 e. The molecule has 0 aromatic carbocycles. The van der Waals surface area contributed by atoms with E-state index in [2.05, 4.69) is 5.32 Å². The van der Waals surface area contributed by atoms with E-state index in [9.17, 15) is 19.6 Å². The van der Waals surface area contributed by atoms with E-state index in [0.29, 0.717) is 0 Å². The highest BCUT2D eigenvalue weighted by Gasteiger charge is 2.39. The zero-order chi connectivity index (χ0) is 13.5. The molecule has 0 spiro atoms. The summed E-state index contributed by atoms with van der Waals surface area (Å²) in [4.78, 5) is 10.6. The predicted octanol–water partition coefficient (Wildman–Crippen LogP) is 0.0679. The third kappa shape index (κ3) is 5.61. The van der Waals surface area contributed by atoms with Crippen LogP contribution in [0.3, 0.4) is 0 Å². The van der Waals surface area contributed by atoms with Gasteiger partial charge < -0.3 is 24.6 Å². The van der Waals surface area contributed by atoms with Crippen LogP contribution in [0.15, 0.2) is 0 Å². The minimum atomic E-state index is -3.77. The topological polar surface area (TPSA) is 105 Å². The van der Waals surface area contributed by atoms with Gasteiger partial charge in [-0.2, -0.15) is 0 Å². The van der Waals surface area contributed by atoms with Crippen LogP contribution in [0, 0.1) is 0 Å². The third-order valence-electron chi connectivity index (χ3n) is 1.85. The van der Waals surface area contributed by atoms with Gasteiger partial charge in [-0.05, 0) is 13.8 Å². The molecular formula is C9H20NO6P. The maximum absolute atomic E-state index is 12.0. The van der Waals surface area contributed by atoms with E-state index in [1.54, 1.807) is 13.8 Å².